The first-order chi connectivity index (χ1) is 8.02. The number of carbonyl (C=O) groups excluding carboxylic acids is 1. The quantitative estimate of drug-likeness (QED) is 0.747. The Morgan fingerprint density at radius 2 is 2.12 bits per heavy atom. The highest BCUT2D eigenvalue weighted by Gasteiger charge is 2.07. The van der Waals surface area contributed by atoms with Crippen molar-refractivity contribution in [2.45, 2.75) is 0 Å². The highest BCUT2D eigenvalue weighted by atomic mass is 79.9. The van der Waals surface area contributed by atoms with Gasteiger partial charge in [0.25, 0.3) is 0 Å². The molecule has 0 radical (unpaired) electrons. The molecule has 0 saturated heterocycles. The number of urea groups is 1. The average molecular weight is 299 g/mol. The van der Waals surface area contributed by atoms with E-state index in [1.807, 2.05) is 0 Å². The summed E-state index contributed by atoms with van der Waals surface area (Å²) in [7, 11) is 0. The zero-order valence-electron chi connectivity index (χ0n) is 8.87. The van der Waals surface area contributed by atoms with Crippen LogP contribution in [0.1, 0.15) is 10.4 Å². The molecular formula is C11H11BrN2O3. The van der Waals surface area contributed by atoms with Crippen molar-refractivity contribution in [2.24, 2.45) is 0 Å². The van der Waals surface area contributed by atoms with Crippen LogP contribution in [-0.4, -0.2) is 23.7 Å². The molecule has 17 heavy (non-hydrogen) atoms. The summed E-state index contributed by atoms with van der Waals surface area (Å²) in [6.07, 6.45) is 1.54. The third-order valence-corrected chi connectivity index (χ3v) is 2.27. The van der Waals surface area contributed by atoms with Gasteiger partial charge in [-0.1, -0.05) is 22.0 Å². The van der Waals surface area contributed by atoms with Crippen LogP contribution in [0.2, 0.25) is 0 Å². The van der Waals surface area contributed by atoms with Crippen molar-refractivity contribution in [3.63, 3.8) is 0 Å². The SMILES string of the molecule is C=CCNC(=O)Nc1cc(Br)cc(C(=O)O)c1. The molecule has 3 N–H and O–H groups in total. The summed E-state index contributed by atoms with van der Waals surface area (Å²) >= 11 is 3.17. The third-order valence-electron chi connectivity index (χ3n) is 1.81. The maximum Gasteiger partial charge on any atom is 0.335 e. The van der Waals surface area contributed by atoms with Crippen LogP contribution in [-0.2, 0) is 0 Å². The first-order valence-electron chi connectivity index (χ1n) is 4.72. The lowest BCUT2D eigenvalue weighted by atomic mass is 10.2. The van der Waals surface area contributed by atoms with Crippen molar-refractivity contribution in [1.29, 1.82) is 0 Å². The predicted molar refractivity (Wildman–Crippen MR) is 68.3 cm³/mol. The Labute approximate surface area is 107 Å². The molecule has 1 aromatic rings. The van der Waals surface area contributed by atoms with E-state index in [1.54, 1.807) is 12.1 Å². The Hall–Kier alpha value is -1.82. The average Bonchev–Trinajstić information content (AvgIpc) is 2.25. The highest BCUT2D eigenvalue weighted by Crippen LogP contribution is 2.19. The molecule has 5 nitrogen and oxygen atoms in total. The van der Waals surface area contributed by atoms with Gasteiger partial charge in [0.2, 0.25) is 0 Å². The van der Waals surface area contributed by atoms with Crippen LogP contribution in [0.15, 0.2) is 35.3 Å². The number of carbonyl (C=O) groups is 2. The number of hydrogen-bond donors (Lipinski definition) is 3. The number of benzene rings is 1. The van der Waals surface area contributed by atoms with E-state index in [0.29, 0.717) is 16.7 Å². The summed E-state index contributed by atoms with van der Waals surface area (Å²) in [6.45, 7) is 3.80. The van der Waals surface area contributed by atoms with Gasteiger partial charge in [0.15, 0.2) is 0 Å². The van der Waals surface area contributed by atoms with Crippen molar-refractivity contribution in [3.05, 3.63) is 40.9 Å². The number of aromatic carboxylic acids is 1. The molecule has 0 atom stereocenters. The van der Waals surface area contributed by atoms with Gasteiger partial charge >= 0.3 is 12.0 Å². The van der Waals surface area contributed by atoms with Crippen LogP contribution in [0.4, 0.5) is 10.5 Å². The fourth-order valence-corrected chi connectivity index (χ4v) is 1.62. The standard InChI is InChI=1S/C11H11BrN2O3/c1-2-3-13-11(17)14-9-5-7(10(15)16)4-8(12)6-9/h2,4-6H,1,3H2,(H,15,16)(H2,13,14,17). The second-order valence-corrected chi connectivity index (χ2v) is 4.07. The van der Waals surface area contributed by atoms with Gasteiger partial charge in [-0.05, 0) is 18.2 Å². The maximum absolute atomic E-state index is 11.3. The topological polar surface area (TPSA) is 78.4 Å². The number of nitrogens with one attached hydrogen (secondary N) is 2. The lowest BCUT2D eigenvalue weighted by molar-refractivity contribution is 0.0697. The molecule has 2 amide bonds. The van der Waals surface area contributed by atoms with Crippen molar-refractivity contribution >= 4 is 33.6 Å². The Morgan fingerprint density at radius 3 is 2.71 bits per heavy atom. The molecule has 1 aromatic carbocycles. The van der Waals surface area contributed by atoms with Gasteiger partial charge in [0.1, 0.15) is 0 Å². The van der Waals surface area contributed by atoms with Crippen molar-refractivity contribution in [2.75, 3.05) is 11.9 Å². The fraction of sp³-hybridized carbons (Fsp3) is 0.0909. The zero-order valence-corrected chi connectivity index (χ0v) is 10.5. The minimum absolute atomic E-state index is 0.0957. The number of anilines is 1. The molecular weight excluding hydrogens is 288 g/mol. The second-order valence-electron chi connectivity index (χ2n) is 3.16. The first kappa shape index (κ1) is 13.2. The Balaban J connectivity index is 2.80. The number of carboxylic acids is 1. The van der Waals surface area contributed by atoms with E-state index in [0.717, 1.165) is 0 Å². The second kappa shape index (κ2) is 6.05. The molecule has 0 spiro atoms. The summed E-state index contributed by atoms with van der Waals surface area (Å²) in [4.78, 5) is 22.1. The lowest BCUT2D eigenvalue weighted by Crippen LogP contribution is -2.28. The van der Waals surface area contributed by atoms with Gasteiger partial charge in [0, 0.05) is 16.7 Å². The molecule has 0 heterocycles. The summed E-state index contributed by atoms with van der Waals surface area (Å²) in [5.74, 6) is -1.05. The van der Waals surface area contributed by atoms with Crippen molar-refractivity contribution in [3.8, 4) is 0 Å². The molecule has 90 valence electrons. The molecule has 0 fully saturated rings. The smallest absolute Gasteiger partial charge is 0.335 e. The van der Waals surface area contributed by atoms with Crippen LogP contribution >= 0.6 is 15.9 Å². The minimum atomic E-state index is -1.05. The van der Waals surface area contributed by atoms with Gasteiger partial charge in [0.05, 0.1) is 5.56 Å². The highest BCUT2D eigenvalue weighted by molar-refractivity contribution is 9.10. The van der Waals surface area contributed by atoms with Gasteiger partial charge in [-0.2, -0.15) is 0 Å². The van der Waals surface area contributed by atoms with Gasteiger partial charge in [-0.25, -0.2) is 9.59 Å². The molecule has 1 rings (SSSR count). The van der Waals surface area contributed by atoms with Crippen LogP contribution < -0.4 is 10.6 Å². The minimum Gasteiger partial charge on any atom is -0.478 e. The van der Waals surface area contributed by atoms with Crippen LogP contribution in [0.3, 0.4) is 0 Å². The summed E-state index contributed by atoms with van der Waals surface area (Å²) in [6, 6.07) is 4.02. The maximum atomic E-state index is 11.3. The first-order valence-corrected chi connectivity index (χ1v) is 5.52. The number of rotatable bonds is 4. The summed E-state index contributed by atoms with van der Waals surface area (Å²) < 4.78 is 0.580. The van der Waals surface area contributed by atoms with Crippen molar-refractivity contribution in [1.82, 2.24) is 5.32 Å². The number of halogens is 1. The molecule has 0 saturated carbocycles. The van der Waals surface area contributed by atoms with Crippen LogP contribution in [0.5, 0.6) is 0 Å². The van der Waals surface area contributed by atoms with E-state index in [2.05, 4.69) is 33.1 Å². The monoisotopic (exact) mass is 298 g/mol. The molecule has 0 aliphatic carbocycles. The predicted octanol–water partition coefficient (Wildman–Crippen LogP) is 2.45. The van der Waals surface area contributed by atoms with Crippen LogP contribution in [0.25, 0.3) is 0 Å². The van der Waals surface area contributed by atoms with E-state index in [1.165, 1.54) is 12.1 Å². The van der Waals surface area contributed by atoms with E-state index in [4.69, 9.17) is 5.11 Å². The number of amides is 2. The van der Waals surface area contributed by atoms with Gasteiger partial charge < -0.3 is 15.7 Å². The molecule has 0 unspecified atom stereocenters. The third kappa shape index (κ3) is 4.28. The number of carboxylic acid groups (broad SMARTS) is 1. The Kier molecular flexibility index (Phi) is 4.71. The summed E-state index contributed by atoms with van der Waals surface area (Å²) in [5.41, 5.74) is 0.497. The van der Waals surface area contributed by atoms with Gasteiger partial charge in [-0.3, -0.25) is 0 Å². The molecule has 0 aromatic heterocycles. The van der Waals surface area contributed by atoms with E-state index in [-0.39, 0.29) is 5.56 Å². The number of hydrogen-bond acceptors (Lipinski definition) is 2. The summed E-state index contributed by atoms with van der Waals surface area (Å²) in [5, 5.41) is 13.9. The molecule has 0 aliphatic rings. The normalized spacial score (nSPS) is 9.47. The largest absolute Gasteiger partial charge is 0.478 e. The van der Waals surface area contributed by atoms with Crippen molar-refractivity contribution < 1.29 is 14.7 Å². The molecule has 0 aliphatic heterocycles. The Morgan fingerprint density at radius 1 is 1.41 bits per heavy atom. The Bertz CT molecular complexity index is 460. The van der Waals surface area contributed by atoms with Gasteiger partial charge in [-0.15, -0.1) is 6.58 Å². The fourth-order valence-electron chi connectivity index (χ4n) is 1.13. The van der Waals surface area contributed by atoms with E-state index >= 15 is 0 Å². The van der Waals surface area contributed by atoms with Crippen LogP contribution in [0, 0.1) is 0 Å². The van der Waals surface area contributed by atoms with E-state index < -0.39 is 12.0 Å². The lowest BCUT2D eigenvalue weighted by Gasteiger charge is -2.07. The molecule has 6 heteroatoms. The van der Waals surface area contributed by atoms with E-state index in [9.17, 15) is 9.59 Å². The molecule has 0 bridgehead atoms. The zero-order chi connectivity index (χ0) is 12.8.